The number of benzene rings is 2. The van der Waals surface area contributed by atoms with E-state index in [0.29, 0.717) is 22.4 Å². The third kappa shape index (κ3) is 5.13. The maximum Gasteiger partial charge on any atom is 0.428 e. The number of halogens is 5. The number of hydroxylamine groups is 2. The largest absolute Gasteiger partial charge is 0.428 e. The van der Waals surface area contributed by atoms with E-state index in [2.05, 4.69) is 20.9 Å². The van der Waals surface area contributed by atoms with Crippen molar-refractivity contribution in [1.82, 2.24) is 15.9 Å². The maximum absolute atomic E-state index is 14.2. The minimum absolute atomic E-state index is 0.0517. The zero-order chi connectivity index (χ0) is 25.2. The zero-order valence-corrected chi connectivity index (χ0v) is 19.7. The molecule has 3 aromatic rings. The van der Waals surface area contributed by atoms with Gasteiger partial charge in [0.25, 0.3) is 0 Å². The van der Waals surface area contributed by atoms with E-state index in [9.17, 15) is 18.4 Å². The van der Waals surface area contributed by atoms with Gasteiger partial charge in [-0.1, -0.05) is 41.4 Å². The van der Waals surface area contributed by atoms with Gasteiger partial charge in [0.2, 0.25) is 5.60 Å². The van der Waals surface area contributed by atoms with Gasteiger partial charge in [-0.2, -0.15) is 13.2 Å². The van der Waals surface area contributed by atoms with Crippen LogP contribution in [-0.4, -0.2) is 22.2 Å². The Hall–Kier alpha value is -3.11. The minimum Gasteiger partial charge on any atom is -0.290 e. The molecule has 3 N–H and O–H groups in total. The molecule has 0 bridgehead atoms. The minimum atomic E-state index is -4.81. The van der Waals surface area contributed by atoms with Gasteiger partial charge in [-0.3, -0.25) is 31.0 Å². The highest BCUT2D eigenvalue weighted by Gasteiger charge is 2.59. The highest BCUT2D eigenvalue weighted by Crippen LogP contribution is 2.48. The van der Waals surface area contributed by atoms with E-state index in [1.165, 1.54) is 6.07 Å². The van der Waals surface area contributed by atoms with Crippen molar-refractivity contribution >= 4 is 34.7 Å². The normalized spacial score (nSPS) is 18.3. The first-order valence-corrected chi connectivity index (χ1v) is 11.0. The molecule has 11 heteroatoms. The lowest BCUT2D eigenvalue weighted by atomic mass is 9.91. The second-order valence-electron chi connectivity index (χ2n) is 7.78. The smallest absolute Gasteiger partial charge is 0.290 e. The van der Waals surface area contributed by atoms with Crippen LogP contribution in [0.1, 0.15) is 27.9 Å². The highest BCUT2D eigenvalue weighted by molar-refractivity contribution is 6.34. The van der Waals surface area contributed by atoms with Gasteiger partial charge in [0, 0.05) is 27.4 Å². The summed E-state index contributed by atoms with van der Waals surface area (Å²) in [6, 6.07) is 14.0. The molecule has 4 rings (SSSR count). The Morgan fingerprint density at radius 1 is 1.14 bits per heavy atom. The van der Waals surface area contributed by atoms with Gasteiger partial charge in [-0.25, -0.2) is 0 Å². The van der Waals surface area contributed by atoms with Crippen molar-refractivity contribution in [3.8, 4) is 0 Å². The molecular formula is C24H19Cl2F3N4O2. The van der Waals surface area contributed by atoms with Gasteiger partial charge < -0.3 is 0 Å². The number of rotatable bonds is 5. The molecule has 1 aliphatic heterocycles. The summed E-state index contributed by atoms with van der Waals surface area (Å²) in [7, 11) is 0. The fraction of sp³-hybridized carbons (Fsp3) is 0.167. The predicted molar refractivity (Wildman–Crippen MR) is 127 cm³/mol. The predicted octanol–water partition coefficient (Wildman–Crippen LogP) is 5.96. The number of aryl methyl sites for hydroxylation is 1. The molecule has 6 nitrogen and oxygen atoms in total. The van der Waals surface area contributed by atoms with Crippen molar-refractivity contribution in [3.05, 3.63) is 105 Å². The Kier molecular flexibility index (Phi) is 7.05. The Morgan fingerprint density at radius 3 is 2.49 bits per heavy atom. The monoisotopic (exact) mass is 522 g/mol. The van der Waals surface area contributed by atoms with Crippen LogP contribution in [-0.2, 0) is 17.0 Å². The van der Waals surface area contributed by atoms with Crippen molar-refractivity contribution in [3.63, 3.8) is 0 Å². The van der Waals surface area contributed by atoms with Crippen LogP contribution in [0, 0.1) is 6.92 Å². The molecule has 1 aliphatic rings. The molecule has 0 saturated heterocycles. The van der Waals surface area contributed by atoms with Crippen LogP contribution >= 0.6 is 23.2 Å². The van der Waals surface area contributed by atoms with Crippen LogP contribution in [0.3, 0.4) is 0 Å². The van der Waals surface area contributed by atoms with Crippen LogP contribution in [0.25, 0.3) is 5.70 Å². The molecule has 1 aromatic heterocycles. The van der Waals surface area contributed by atoms with Crippen LogP contribution in [0.4, 0.5) is 13.2 Å². The molecule has 0 spiro atoms. The summed E-state index contributed by atoms with van der Waals surface area (Å²) < 4.78 is 42.7. The molecule has 1 unspecified atom stereocenters. The lowest BCUT2D eigenvalue weighted by molar-refractivity contribution is -0.269. The van der Waals surface area contributed by atoms with E-state index in [0.717, 1.165) is 18.2 Å². The summed E-state index contributed by atoms with van der Waals surface area (Å²) in [5, 5.41) is 9.70. The average molecular weight is 523 g/mol. The Bertz CT molecular complexity index is 1280. The Labute approximate surface area is 209 Å². The van der Waals surface area contributed by atoms with Crippen LogP contribution in [0.2, 0.25) is 10.0 Å². The molecular weight excluding hydrogens is 504 g/mol. The van der Waals surface area contributed by atoms with Gasteiger partial charge in [-0.15, -0.1) is 0 Å². The molecule has 0 aliphatic carbocycles. The number of nitrogens with zero attached hydrogens (tertiary/aromatic N) is 2. The maximum atomic E-state index is 14.2. The van der Waals surface area contributed by atoms with E-state index in [1.54, 1.807) is 43.5 Å². The molecule has 0 radical (unpaired) electrons. The first kappa shape index (κ1) is 25.0. The first-order valence-electron chi connectivity index (χ1n) is 10.3. The number of alkyl halides is 3. The van der Waals surface area contributed by atoms with Gasteiger partial charge in [0.1, 0.15) is 0 Å². The van der Waals surface area contributed by atoms with E-state index in [-0.39, 0.29) is 33.7 Å². The average Bonchev–Trinajstić information content (AvgIpc) is 3.27. The van der Waals surface area contributed by atoms with E-state index in [1.807, 2.05) is 6.07 Å². The van der Waals surface area contributed by atoms with Gasteiger partial charge >= 0.3 is 6.18 Å². The molecule has 35 heavy (non-hydrogen) atoms. The standard InChI is InChI=1S/C24H19Cl2F3N4O2/c1-14-8-15(5-6-20(14)22(32-34)31-13-19-4-2-3-7-30-19)21-12-23(35-33-21,24(27,28)29)16-9-17(25)11-18(26)10-16/h2-12,33-34H,13H2,1H3,(H,31,32). The molecule has 182 valence electrons. The van der Waals surface area contributed by atoms with E-state index < -0.39 is 11.8 Å². The third-order valence-electron chi connectivity index (χ3n) is 5.41. The molecule has 1 atom stereocenters. The fourth-order valence-electron chi connectivity index (χ4n) is 3.68. The molecule has 0 saturated carbocycles. The third-order valence-corrected chi connectivity index (χ3v) is 5.84. The van der Waals surface area contributed by atoms with Crippen LogP contribution in [0.15, 0.2) is 71.9 Å². The summed E-state index contributed by atoms with van der Waals surface area (Å²) >= 11 is 11.9. The summed E-state index contributed by atoms with van der Waals surface area (Å²) in [6.07, 6.45) is -2.22. The second kappa shape index (κ2) is 9.87. The Balaban J connectivity index is 1.68. The number of nitrogens with one attached hydrogen (secondary N) is 2. The lowest BCUT2D eigenvalue weighted by Crippen LogP contribution is -2.42. The highest BCUT2D eigenvalue weighted by atomic mass is 35.5. The molecule has 0 fully saturated rings. The quantitative estimate of drug-likeness (QED) is 0.219. The van der Waals surface area contributed by atoms with Crippen LogP contribution < -0.4 is 11.0 Å². The lowest BCUT2D eigenvalue weighted by Gasteiger charge is -2.28. The SMILES string of the molecule is Cc1cc(C2=CC(c3cc(Cl)cc(Cl)c3)(C(F)(F)F)ON2)ccc1C(=NCc1ccccn1)NO. The van der Waals surface area contributed by atoms with Crippen molar-refractivity contribution in [1.29, 1.82) is 0 Å². The fourth-order valence-corrected chi connectivity index (χ4v) is 4.21. The zero-order valence-electron chi connectivity index (χ0n) is 18.2. The van der Waals surface area contributed by atoms with Crippen LogP contribution in [0.5, 0.6) is 0 Å². The van der Waals surface area contributed by atoms with Crippen molar-refractivity contribution < 1.29 is 23.2 Å². The number of hydrogen-bond acceptors (Lipinski definition) is 5. The number of hydrogen-bond donors (Lipinski definition) is 3. The van der Waals surface area contributed by atoms with Gasteiger partial charge in [0.15, 0.2) is 5.84 Å². The summed E-state index contributed by atoms with van der Waals surface area (Å²) in [6.45, 7) is 1.97. The number of amidine groups is 1. The first-order chi connectivity index (χ1) is 16.6. The van der Waals surface area contributed by atoms with Crippen molar-refractivity contribution in [2.75, 3.05) is 0 Å². The molecule has 0 amide bonds. The summed E-state index contributed by atoms with van der Waals surface area (Å²) in [4.78, 5) is 13.7. The molecule has 2 heterocycles. The van der Waals surface area contributed by atoms with Crippen molar-refractivity contribution in [2.45, 2.75) is 25.2 Å². The van der Waals surface area contributed by atoms with Gasteiger partial charge in [-0.05, 0) is 60.5 Å². The molecule has 2 aromatic carbocycles. The number of aromatic nitrogens is 1. The number of pyridine rings is 1. The van der Waals surface area contributed by atoms with E-state index in [4.69, 9.17) is 28.0 Å². The topological polar surface area (TPSA) is 78.8 Å². The number of aliphatic imine (C=N–C) groups is 1. The van der Waals surface area contributed by atoms with Crippen molar-refractivity contribution in [2.24, 2.45) is 4.99 Å². The summed E-state index contributed by atoms with van der Waals surface area (Å²) in [5.74, 6) is 0.197. The summed E-state index contributed by atoms with van der Waals surface area (Å²) in [5.41, 5.74) is 3.90. The van der Waals surface area contributed by atoms with Gasteiger partial charge in [0.05, 0.1) is 17.9 Å². The Morgan fingerprint density at radius 2 is 1.89 bits per heavy atom. The second-order valence-corrected chi connectivity index (χ2v) is 8.65. The van der Waals surface area contributed by atoms with E-state index >= 15 is 0 Å².